The van der Waals surface area contributed by atoms with Crippen LogP contribution in [0.1, 0.15) is 44.6 Å². The van der Waals surface area contributed by atoms with E-state index in [4.69, 9.17) is 28.6 Å². The molecule has 1 aliphatic carbocycles. The summed E-state index contributed by atoms with van der Waals surface area (Å²) in [7, 11) is 0. The molecular formula is C27H34Cl2N4. The molecule has 33 heavy (non-hydrogen) atoms. The molecule has 0 radical (unpaired) electrons. The number of benzene rings is 2. The minimum atomic E-state index is 0.293. The molecule has 2 N–H and O–H groups in total. The molecule has 0 aromatic heterocycles. The summed E-state index contributed by atoms with van der Waals surface area (Å²) in [6, 6.07) is 14.3. The fraction of sp³-hybridized carbons (Fsp3) is 0.444. The number of rotatable bonds is 6. The van der Waals surface area contributed by atoms with Crippen molar-refractivity contribution < 1.29 is 0 Å². The van der Waals surface area contributed by atoms with E-state index in [2.05, 4.69) is 34.2 Å². The molecule has 176 valence electrons. The molecule has 0 atom stereocenters. The standard InChI is InChI=1S/C27H34Cl2N4/c1-2-20-3-11-24(12-4-20)32-15-17-33(18-16-32)25-13-5-21(26(29)19-25)6-14-27(30)31-23-9-7-22(28)8-10-23/h5-10,13-14,19-20,24H,2-4,11-12,15-18H2,1H3,(H2,30,31)/b14-6+. The maximum absolute atomic E-state index is 8.14. The van der Waals surface area contributed by atoms with Crippen molar-refractivity contribution in [3.63, 3.8) is 0 Å². The predicted molar refractivity (Wildman–Crippen MR) is 143 cm³/mol. The highest BCUT2D eigenvalue weighted by molar-refractivity contribution is 6.32. The first-order chi connectivity index (χ1) is 16.0. The third-order valence-corrected chi connectivity index (χ3v) is 7.71. The molecule has 2 aromatic carbocycles. The van der Waals surface area contributed by atoms with Crippen LogP contribution in [0, 0.1) is 11.3 Å². The normalized spacial score (nSPS) is 22.0. The number of hydrogen-bond acceptors (Lipinski definition) is 3. The molecule has 2 fully saturated rings. The summed E-state index contributed by atoms with van der Waals surface area (Å²) < 4.78 is 0. The van der Waals surface area contributed by atoms with Crippen molar-refractivity contribution in [2.75, 3.05) is 36.4 Å². The molecule has 1 heterocycles. The van der Waals surface area contributed by atoms with Crippen molar-refractivity contribution in [1.29, 1.82) is 5.41 Å². The lowest BCUT2D eigenvalue weighted by Crippen LogP contribution is -2.51. The second kappa shape index (κ2) is 11.4. The number of anilines is 2. The molecule has 1 aliphatic heterocycles. The highest BCUT2D eigenvalue weighted by Gasteiger charge is 2.27. The summed E-state index contributed by atoms with van der Waals surface area (Å²) >= 11 is 12.5. The molecular weight excluding hydrogens is 451 g/mol. The van der Waals surface area contributed by atoms with E-state index in [0.29, 0.717) is 15.9 Å². The minimum Gasteiger partial charge on any atom is -0.369 e. The molecule has 0 unspecified atom stereocenters. The van der Waals surface area contributed by atoms with Gasteiger partial charge in [0.1, 0.15) is 5.84 Å². The van der Waals surface area contributed by atoms with Gasteiger partial charge in [-0.1, -0.05) is 42.6 Å². The number of nitrogens with one attached hydrogen (secondary N) is 2. The lowest BCUT2D eigenvalue weighted by Gasteiger charge is -2.42. The number of hydrogen-bond donors (Lipinski definition) is 2. The van der Waals surface area contributed by atoms with Crippen LogP contribution in [0.5, 0.6) is 0 Å². The monoisotopic (exact) mass is 484 g/mol. The second-order valence-corrected chi connectivity index (χ2v) is 10.0. The SMILES string of the molecule is CCC1CCC(N2CCN(c3ccc(/C=C/C(=N)Nc4ccc(Cl)cc4)c(Cl)c3)CC2)CC1. The van der Waals surface area contributed by atoms with Gasteiger partial charge in [0, 0.05) is 53.6 Å². The number of nitrogens with zero attached hydrogens (tertiary/aromatic N) is 2. The van der Waals surface area contributed by atoms with Gasteiger partial charge < -0.3 is 10.2 Å². The van der Waals surface area contributed by atoms with Crippen molar-refractivity contribution in [2.24, 2.45) is 5.92 Å². The molecule has 1 saturated heterocycles. The zero-order valence-corrected chi connectivity index (χ0v) is 20.9. The summed E-state index contributed by atoms with van der Waals surface area (Å²) in [5, 5.41) is 12.6. The Bertz CT molecular complexity index is 957. The van der Waals surface area contributed by atoms with E-state index in [-0.39, 0.29) is 0 Å². The van der Waals surface area contributed by atoms with Crippen LogP contribution >= 0.6 is 23.2 Å². The number of amidine groups is 1. The van der Waals surface area contributed by atoms with E-state index in [1.165, 1.54) is 37.8 Å². The maximum atomic E-state index is 8.14. The van der Waals surface area contributed by atoms with E-state index >= 15 is 0 Å². The zero-order chi connectivity index (χ0) is 23.2. The summed E-state index contributed by atoms with van der Waals surface area (Å²) in [4.78, 5) is 5.15. The van der Waals surface area contributed by atoms with Gasteiger partial charge in [-0.05, 0) is 85.7 Å². The van der Waals surface area contributed by atoms with Crippen molar-refractivity contribution in [2.45, 2.75) is 45.1 Å². The third kappa shape index (κ3) is 6.53. The van der Waals surface area contributed by atoms with Gasteiger partial charge in [-0.25, -0.2) is 0 Å². The highest BCUT2D eigenvalue weighted by Crippen LogP contribution is 2.31. The predicted octanol–water partition coefficient (Wildman–Crippen LogP) is 7.19. The van der Waals surface area contributed by atoms with Gasteiger partial charge in [0.05, 0.1) is 0 Å². The highest BCUT2D eigenvalue weighted by atomic mass is 35.5. The van der Waals surface area contributed by atoms with Crippen LogP contribution in [0.25, 0.3) is 6.08 Å². The summed E-state index contributed by atoms with van der Waals surface area (Å²) in [6.45, 7) is 6.70. The first-order valence-corrected chi connectivity index (χ1v) is 12.8. The average molecular weight is 486 g/mol. The Morgan fingerprint density at radius 3 is 2.33 bits per heavy atom. The average Bonchev–Trinajstić information content (AvgIpc) is 2.85. The Balaban J connectivity index is 1.29. The second-order valence-electron chi connectivity index (χ2n) is 9.19. The first kappa shape index (κ1) is 24.1. The fourth-order valence-corrected chi connectivity index (χ4v) is 5.38. The molecule has 0 spiro atoms. The number of piperazine rings is 1. The van der Waals surface area contributed by atoms with Gasteiger partial charge in [-0.3, -0.25) is 10.3 Å². The summed E-state index contributed by atoms with van der Waals surface area (Å²) in [5.74, 6) is 1.25. The van der Waals surface area contributed by atoms with Crippen LogP contribution in [0.4, 0.5) is 11.4 Å². The van der Waals surface area contributed by atoms with E-state index in [1.807, 2.05) is 24.3 Å². The van der Waals surface area contributed by atoms with Gasteiger partial charge in [-0.2, -0.15) is 0 Å². The van der Waals surface area contributed by atoms with Crippen LogP contribution < -0.4 is 10.2 Å². The smallest absolute Gasteiger partial charge is 0.122 e. The van der Waals surface area contributed by atoms with E-state index in [1.54, 1.807) is 18.2 Å². The van der Waals surface area contributed by atoms with Gasteiger partial charge in [0.25, 0.3) is 0 Å². The van der Waals surface area contributed by atoms with Crippen molar-refractivity contribution >= 4 is 46.5 Å². The Morgan fingerprint density at radius 1 is 1.00 bits per heavy atom. The molecule has 1 saturated carbocycles. The molecule has 2 aliphatic rings. The first-order valence-electron chi connectivity index (χ1n) is 12.1. The minimum absolute atomic E-state index is 0.293. The van der Waals surface area contributed by atoms with Crippen molar-refractivity contribution in [1.82, 2.24) is 4.90 Å². The van der Waals surface area contributed by atoms with Crippen LogP contribution in [0.2, 0.25) is 10.0 Å². The largest absolute Gasteiger partial charge is 0.369 e. The summed E-state index contributed by atoms with van der Waals surface area (Å²) in [5.41, 5.74) is 2.92. The van der Waals surface area contributed by atoms with Crippen LogP contribution in [0.15, 0.2) is 48.5 Å². The van der Waals surface area contributed by atoms with Gasteiger partial charge in [0.15, 0.2) is 0 Å². The quantitative estimate of drug-likeness (QED) is 0.336. The van der Waals surface area contributed by atoms with Gasteiger partial charge >= 0.3 is 0 Å². The Labute approximate surface area is 208 Å². The molecule has 0 bridgehead atoms. The lowest BCUT2D eigenvalue weighted by atomic mass is 9.84. The zero-order valence-electron chi connectivity index (χ0n) is 19.4. The van der Waals surface area contributed by atoms with E-state index in [0.717, 1.165) is 49.4 Å². The van der Waals surface area contributed by atoms with E-state index < -0.39 is 0 Å². The number of halogens is 2. The summed E-state index contributed by atoms with van der Waals surface area (Å²) in [6.07, 6.45) is 10.5. The van der Waals surface area contributed by atoms with Crippen LogP contribution in [-0.4, -0.2) is 43.0 Å². The van der Waals surface area contributed by atoms with Gasteiger partial charge in [-0.15, -0.1) is 0 Å². The molecule has 4 rings (SSSR count). The third-order valence-electron chi connectivity index (χ3n) is 7.13. The van der Waals surface area contributed by atoms with Gasteiger partial charge in [0.2, 0.25) is 0 Å². The van der Waals surface area contributed by atoms with E-state index in [9.17, 15) is 0 Å². The lowest BCUT2D eigenvalue weighted by molar-refractivity contribution is 0.128. The Hall–Kier alpha value is -2.01. The molecule has 0 amide bonds. The topological polar surface area (TPSA) is 42.4 Å². The molecule has 4 nitrogen and oxygen atoms in total. The molecule has 2 aromatic rings. The van der Waals surface area contributed by atoms with Crippen LogP contribution in [0.3, 0.4) is 0 Å². The Morgan fingerprint density at radius 2 is 1.70 bits per heavy atom. The molecule has 6 heteroatoms. The van der Waals surface area contributed by atoms with Crippen molar-refractivity contribution in [3.05, 3.63) is 64.1 Å². The van der Waals surface area contributed by atoms with Crippen LogP contribution in [-0.2, 0) is 0 Å². The Kier molecular flexibility index (Phi) is 8.34. The van der Waals surface area contributed by atoms with Crippen molar-refractivity contribution in [3.8, 4) is 0 Å². The fourth-order valence-electron chi connectivity index (χ4n) is 5.01. The maximum Gasteiger partial charge on any atom is 0.122 e.